The molecule has 23 heavy (non-hydrogen) atoms. The maximum atomic E-state index is 13.1. The summed E-state index contributed by atoms with van der Waals surface area (Å²) < 4.78 is 13.1. The molecule has 2 rings (SSSR count). The Morgan fingerprint density at radius 2 is 2.00 bits per heavy atom. The van der Waals surface area contributed by atoms with Gasteiger partial charge in [-0.3, -0.25) is 9.69 Å². The van der Waals surface area contributed by atoms with Gasteiger partial charge in [0, 0.05) is 23.6 Å². The van der Waals surface area contributed by atoms with Crippen molar-refractivity contribution in [3.05, 3.63) is 35.6 Å². The summed E-state index contributed by atoms with van der Waals surface area (Å²) in [6.45, 7) is 9.91. The number of hydrogen-bond acceptors (Lipinski definition) is 3. The van der Waals surface area contributed by atoms with Crippen LogP contribution in [0, 0.1) is 11.7 Å². The minimum atomic E-state index is -0.254. The number of carbonyl (C=O) groups excluding carboxylic acids is 1. The van der Waals surface area contributed by atoms with E-state index in [9.17, 15) is 9.18 Å². The van der Waals surface area contributed by atoms with Crippen molar-refractivity contribution >= 4 is 17.7 Å². The standard InChI is InChI=1S/C18H27FN2OS/c1-12(2)18(15-5-7-16(19)8-6-15)20-17(22)11-21-9-10-23-14(4)13(21)3/h5-8,12-14,18H,9-11H2,1-4H3,(H,20,22). The van der Waals surface area contributed by atoms with Crippen molar-refractivity contribution < 1.29 is 9.18 Å². The lowest BCUT2D eigenvalue weighted by molar-refractivity contribution is -0.123. The summed E-state index contributed by atoms with van der Waals surface area (Å²) in [5.74, 6) is 1.11. The zero-order valence-electron chi connectivity index (χ0n) is 14.4. The minimum Gasteiger partial charge on any atom is -0.348 e. The van der Waals surface area contributed by atoms with Gasteiger partial charge < -0.3 is 5.32 Å². The Morgan fingerprint density at radius 1 is 1.35 bits per heavy atom. The zero-order chi connectivity index (χ0) is 17.0. The SMILES string of the molecule is CC(C)C(NC(=O)CN1CCSC(C)C1C)c1ccc(F)cc1. The van der Waals surface area contributed by atoms with Crippen LogP contribution in [-0.4, -0.2) is 40.9 Å². The normalized spacial score (nSPS) is 23.7. The van der Waals surface area contributed by atoms with Gasteiger partial charge in [0.25, 0.3) is 0 Å². The van der Waals surface area contributed by atoms with E-state index in [0.29, 0.717) is 17.8 Å². The Balaban J connectivity index is 1.99. The van der Waals surface area contributed by atoms with E-state index in [4.69, 9.17) is 0 Å². The molecule has 0 spiro atoms. The van der Waals surface area contributed by atoms with Crippen molar-refractivity contribution in [2.24, 2.45) is 5.92 Å². The summed E-state index contributed by atoms with van der Waals surface area (Å²) in [6, 6.07) is 6.72. The second kappa shape index (κ2) is 8.15. The number of halogens is 1. The van der Waals surface area contributed by atoms with Gasteiger partial charge in [0.1, 0.15) is 5.82 Å². The average molecular weight is 338 g/mol. The van der Waals surface area contributed by atoms with E-state index in [-0.39, 0.29) is 23.7 Å². The van der Waals surface area contributed by atoms with Gasteiger partial charge in [-0.15, -0.1) is 0 Å². The molecule has 3 unspecified atom stereocenters. The molecule has 1 saturated heterocycles. The van der Waals surface area contributed by atoms with Crippen molar-refractivity contribution in [1.82, 2.24) is 10.2 Å². The first-order chi connectivity index (χ1) is 10.9. The molecule has 1 amide bonds. The molecule has 0 radical (unpaired) electrons. The van der Waals surface area contributed by atoms with Crippen molar-refractivity contribution in [2.45, 2.75) is 45.0 Å². The number of thioether (sulfide) groups is 1. The van der Waals surface area contributed by atoms with E-state index in [1.807, 2.05) is 11.8 Å². The second-order valence-electron chi connectivity index (χ2n) is 6.63. The molecule has 1 aromatic carbocycles. The molecule has 0 aromatic heterocycles. The largest absolute Gasteiger partial charge is 0.348 e. The molecule has 1 aromatic rings. The van der Waals surface area contributed by atoms with Gasteiger partial charge in [0.05, 0.1) is 12.6 Å². The number of carbonyl (C=O) groups is 1. The van der Waals surface area contributed by atoms with Gasteiger partial charge in [-0.05, 0) is 30.5 Å². The fourth-order valence-corrected chi connectivity index (χ4v) is 4.09. The minimum absolute atomic E-state index is 0.0407. The molecule has 1 fully saturated rings. The molecule has 1 aliphatic heterocycles. The summed E-state index contributed by atoms with van der Waals surface area (Å²) in [4.78, 5) is 14.7. The fraction of sp³-hybridized carbons (Fsp3) is 0.611. The van der Waals surface area contributed by atoms with Crippen LogP contribution in [0.3, 0.4) is 0 Å². The number of nitrogens with one attached hydrogen (secondary N) is 1. The van der Waals surface area contributed by atoms with Crippen molar-refractivity contribution in [3.8, 4) is 0 Å². The molecule has 1 aliphatic rings. The third-order valence-electron chi connectivity index (χ3n) is 4.57. The van der Waals surface area contributed by atoms with Gasteiger partial charge >= 0.3 is 0 Å². The maximum absolute atomic E-state index is 13.1. The maximum Gasteiger partial charge on any atom is 0.234 e. The van der Waals surface area contributed by atoms with Crippen molar-refractivity contribution in [1.29, 1.82) is 0 Å². The second-order valence-corrected chi connectivity index (χ2v) is 8.11. The molecule has 0 bridgehead atoms. The van der Waals surface area contributed by atoms with Crippen LogP contribution >= 0.6 is 11.8 Å². The van der Waals surface area contributed by atoms with E-state index < -0.39 is 0 Å². The highest BCUT2D eigenvalue weighted by Crippen LogP contribution is 2.25. The first kappa shape index (κ1) is 18.3. The summed E-state index contributed by atoms with van der Waals surface area (Å²) in [5, 5.41) is 3.68. The lowest BCUT2D eigenvalue weighted by atomic mass is 9.96. The summed E-state index contributed by atoms with van der Waals surface area (Å²) >= 11 is 1.97. The monoisotopic (exact) mass is 338 g/mol. The van der Waals surface area contributed by atoms with Crippen LogP contribution in [0.15, 0.2) is 24.3 Å². The highest BCUT2D eigenvalue weighted by molar-refractivity contribution is 8.00. The summed E-state index contributed by atoms with van der Waals surface area (Å²) in [7, 11) is 0. The molecule has 1 heterocycles. The summed E-state index contributed by atoms with van der Waals surface area (Å²) in [6.07, 6.45) is 0. The Morgan fingerprint density at radius 3 is 2.61 bits per heavy atom. The smallest absolute Gasteiger partial charge is 0.234 e. The molecule has 0 aliphatic carbocycles. The predicted octanol–water partition coefficient (Wildman–Crippen LogP) is 3.46. The molecule has 3 nitrogen and oxygen atoms in total. The Hall–Kier alpha value is -1.07. The van der Waals surface area contributed by atoms with E-state index in [0.717, 1.165) is 17.9 Å². The zero-order valence-corrected chi connectivity index (χ0v) is 15.2. The highest BCUT2D eigenvalue weighted by atomic mass is 32.2. The van der Waals surface area contributed by atoms with Gasteiger partial charge in [-0.25, -0.2) is 4.39 Å². The van der Waals surface area contributed by atoms with E-state index in [1.54, 1.807) is 12.1 Å². The number of benzene rings is 1. The van der Waals surface area contributed by atoms with Gasteiger partial charge in [0.15, 0.2) is 0 Å². The molecule has 0 saturated carbocycles. The van der Waals surface area contributed by atoms with E-state index in [2.05, 4.69) is 37.9 Å². The molecule has 128 valence electrons. The van der Waals surface area contributed by atoms with Crippen LogP contribution < -0.4 is 5.32 Å². The lowest BCUT2D eigenvalue weighted by Crippen LogP contribution is -2.49. The molecular weight excluding hydrogens is 311 g/mol. The van der Waals surface area contributed by atoms with Crippen molar-refractivity contribution in [2.75, 3.05) is 18.8 Å². The Labute approximate surface area is 143 Å². The Bertz CT molecular complexity index is 520. The number of rotatable bonds is 5. The van der Waals surface area contributed by atoms with Gasteiger partial charge in [0.2, 0.25) is 5.91 Å². The summed E-state index contributed by atoms with van der Waals surface area (Å²) in [5.41, 5.74) is 0.949. The lowest BCUT2D eigenvalue weighted by Gasteiger charge is -2.37. The van der Waals surface area contributed by atoms with E-state index in [1.165, 1.54) is 12.1 Å². The quantitative estimate of drug-likeness (QED) is 0.892. The Kier molecular flexibility index (Phi) is 6.48. The average Bonchev–Trinajstić information content (AvgIpc) is 2.50. The third kappa shape index (κ3) is 4.95. The van der Waals surface area contributed by atoms with Crippen LogP contribution in [0.1, 0.15) is 39.3 Å². The fourth-order valence-electron chi connectivity index (χ4n) is 2.93. The van der Waals surface area contributed by atoms with Crippen molar-refractivity contribution in [3.63, 3.8) is 0 Å². The van der Waals surface area contributed by atoms with Crippen LogP contribution in [0.25, 0.3) is 0 Å². The van der Waals surface area contributed by atoms with Gasteiger partial charge in [-0.2, -0.15) is 11.8 Å². The number of hydrogen-bond donors (Lipinski definition) is 1. The predicted molar refractivity (Wildman–Crippen MR) is 95.1 cm³/mol. The van der Waals surface area contributed by atoms with Crippen LogP contribution in [0.2, 0.25) is 0 Å². The number of amides is 1. The van der Waals surface area contributed by atoms with Gasteiger partial charge in [-0.1, -0.05) is 32.9 Å². The molecule has 3 atom stereocenters. The number of nitrogens with zero attached hydrogens (tertiary/aromatic N) is 1. The van der Waals surface area contributed by atoms with E-state index >= 15 is 0 Å². The van der Waals surface area contributed by atoms with Crippen LogP contribution in [0.5, 0.6) is 0 Å². The molecule has 5 heteroatoms. The topological polar surface area (TPSA) is 32.3 Å². The molecular formula is C18H27FN2OS. The first-order valence-corrected chi connectivity index (χ1v) is 9.34. The highest BCUT2D eigenvalue weighted by Gasteiger charge is 2.27. The first-order valence-electron chi connectivity index (χ1n) is 8.29. The van der Waals surface area contributed by atoms with Crippen LogP contribution in [-0.2, 0) is 4.79 Å². The van der Waals surface area contributed by atoms with Crippen LogP contribution in [0.4, 0.5) is 4.39 Å². The molecule has 1 N–H and O–H groups in total. The third-order valence-corrected chi connectivity index (χ3v) is 5.91.